The summed E-state index contributed by atoms with van der Waals surface area (Å²) in [6.45, 7) is 0.446. The molecule has 0 spiro atoms. The molecule has 4 aromatic rings. The first-order valence-corrected chi connectivity index (χ1v) is 8.93. The summed E-state index contributed by atoms with van der Waals surface area (Å²) in [7, 11) is 0. The minimum atomic E-state index is 0.446. The topological polar surface area (TPSA) is 74.6 Å². The molecular weight excluding hydrogens is 344 g/mol. The highest BCUT2D eigenvalue weighted by atomic mass is 32.1. The van der Waals surface area contributed by atoms with Crippen molar-refractivity contribution in [2.45, 2.75) is 6.61 Å². The van der Waals surface area contributed by atoms with Gasteiger partial charge < -0.3 is 9.72 Å². The molecule has 0 bridgehead atoms. The largest absolute Gasteiger partial charge is 0.487 e. The molecule has 0 unspecified atom stereocenters. The molecule has 2 aromatic carbocycles. The Morgan fingerprint density at radius 3 is 2.77 bits per heavy atom. The number of ether oxygens (including phenoxy) is 1. The fraction of sp³-hybridized carbons (Fsp3) is 0.0500. The number of nitriles is 1. The summed E-state index contributed by atoms with van der Waals surface area (Å²) in [6.07, 6.45) is 1.81. The van der Waals surface area contributed by atoms with E-state index in [1.165, 1.54) is 0 Å². The summed E-state index contributed by atoms with van der Waals surface area (Å²) in [4.78, 5) is 11.8. The Kier molecular flexibility index (Phi) is 4.46. The van der Waals surface area contributed by atoms with Crippen LogP contribution >= 0.6 is 11.3 Å². The number of allylic oxidation sites excluding steroid dienone is 1. The average Bonchev–Trinajstić information content (AvgIpc) is 3.34. The van der Waals surface area contributed by atoms with Crippen molar-refractivity contribution in [3.8, 4) is 11.8 Å². The number of H-pyrrole nitrogens is 1. The van der Waals surface area contributed by atoms with Crippen LogP contribution in [0.4, 0.5) is 0 Å². The summed E-state index contributed by atoms with van der Waals surface area (Å²) in [6, 6.07) is 17.5. The zero-order chi connectivity index (χ0) is 17.8. The molecule has 0 aliphatic carbocycles. The Hall–Kier alpha value is -3.43. The monoisotopic (exact) mass is 358 g/mol. The number of hydrogen-bond donors (Lipinski definition) is 1. The maximum atomic E-state index is 9.50. The second-order valence-electron chi connectivity index (χ2n) is 5.61. The molecular formula is C20H14N4OS. The standard InChI is InChI=1S/C20H14N4OS/c21-10-15(20-23-18-3-1-2-4-19(18)24-20)9-14-5-7-17(8-6-14)25-11-16-12-26-13-22-16/h1-9,12-13H,11H2,(H,23,24)/b15-9-. The van der Waals surface area contributed by atoms with Gasteiger partial charge in [0.05, 0.1) is 27.8 Å². The summed E-state index contributed by atoms with van der Waals surface area (Å²) in [5.74, 6) is 1.33. The molecule has 5 nitrogen and oxygen atoms in total. The summed E-state index contributed by atoms with van der Waals surface area (Å²) in [5.41, 5.74) is 5.84. The minimum absolute atomic E-state index is 0.446. The Morgan fingerprint density at radius 2 is 2.04 bits per heavy atom. The summed E-state index contributed by atoms with van der Waals surface area (Å²) < 4.78 is 5.70. The van der Waals surface area contributed by atoms with Gasteiger partial charge in [0.2, 0.25) is 0 Å². The lowest BCUT2D eigenvalue weighted by Crippen LogP contribution is -1.95. The molecule has 2 aromatic heterocycles. The number of hydrogen-bond acceptors (Lipinski definition) is 5. The van der Waals surface area contributed by atoms with Crippen LogP contribution in [0.2, 0.25) is 0 Å². The van der Waals surface area contributed by atoms with E-state index >= 15 is 0 Å². The predicted molar refractivity (Wildman–Crippen MR) is 102 cm³/mol. The zero-order valence-corrected chi connectivity index (χ0v) is 14.5. The van der Waals surface area contributed by atoms with Gasteiger partial charge in [0.25, 0.3) is 0 Å². The van der Waals surface area contributed by atoms with E-state index in [2.05, 4.69) is 21.0 Å². The van der Waals surface area contributed by atoms with Gasteiger partial charge in [-0.3, -0.25) is 0 Å². The first kappa shape index (κ1) is 16.1. The highest BCUT2D eigenvalue weighted by molar-refractivity contribution is 7.07. The molecule has 2 heterocycles. The number of imidazole rings is 1. The van der Waals surface area contributed by atoms with E-state index < -0.39 is 0 Å². The van der Waals surface area contributed by atoms with E-state index in [0.29, 0.717) is 18.0 Å². The highest BCUT2D eigenvalue weighted by Gasteiger charge is 2.07. The van der Waals surface area contributed by atoms with Gasteiger partial charge in [0, 0.05) is 5.38 Å². The third kappa shape index (κ3) is 3.48. The van der Waals surface area contributed by atoms with Gasteiger partial charge in [-0.25, -0.2) is 9.97 Å². The molecule has 0 saturated heterocycles. The number of thiazole rings is 1. The lowest BCUT2D eigenvalue weighted by Gasteiger charge is -2.04. The minimum Gasteiger partial charge on any atom is -0.487 e. The van der Waals surface area contributed by atoms with Crippen LogP contribution in [0.15, 0.2) is 59.4 Å². The van der Waals surface area contributed by atoms with Crippen molar-refractivity contribution < 1.29 is 4.74 Å². The summed E-state index contributed by atoms with van der Waals surface area (Å²) in [5, 5.41) is 11.5. The number of aromatic nitrogens is 3. The van der Waals surface area contributed by atoms with Gasteiger partial charge in [0.1, 0.15) is 24.3 Å². The lowest BCUT2D eigenvalue weighted by atomic mass is 10.1. The zero-order valence-electron chi connectivity index (χ0n) is 13.7. The van der Waals surface area contributed by atoms with E-state index in [9.17, 15) is 5.26 Å². The first-order valence-electron chi connectivity index (χ1n) is 7.99. The van der Waals surface area contributed by atoms with E-state index in [1.54, 1.807) is 16.8 Å². The fourth-order valence-electron chi connectivity index (χ4n) is 2.53. The van der Waals surface area contributed by atoms with Crippen LogP contribution < -0.4 is 4.74 Å². The van der Waals surface area contributed by atoms with Crippen LogP contribution in [-0.4, -0.2) is 15.0 Å². The predicted octanol–water partition coefficient (Wildman–Crippen LogP) is 4.66. The molecule has 0 radical (unpaired) electrons. The van der Waals surface area contributed by atoms with Crippen molar-refractivity contribution in [2.75, 3.05) is 0 Å². The van der Waals surface area contributed by atoms with E-state index in [0.717, 1.165) is 28.0 Å². The number of para-hydroxylation sites is 2. The molecule has 4 rings (SSSR count). The van der Waals surface area contributed by atoms with Crippen LogP contribution in [0.5, 0.6) is 5.75 Å². The molecule has 126 valence electrons. The second kappa shape index (κ2) is 7.21. The normalized spacial score (nSPS) is 11.4. The quantitative estimate of drug-likeness (QED) is 0.526. The fourth-order valence-corrected chi connectivity index (χ4v) is 3.07. The van der Waals surface area contributed by atoms with Crippen LogP contribution in [0.25, 0.3) is 22.7 Å². The molecule has 0 atom stereocenters. The third-order valence-electron chi connectivity index (χ3n) is 3.83. The molecule has 6 heteroatoms. The Balaban J connectivity index is 1.53. The van der Waals surface area contributed by atoms with E-state index in [-0.39, 0.29) is 0 Å². The van der Waals surface area contributed by atoms with Crippen LogP contribution in [0.1, 0.15) is 17.1 Å². The van der Waals surface area contributed by atoms with Crippen molar-refractivity contribution in [3.63, 3.8) is 0 Å². The first-order chi connectivity index (χ1) is 12.8. The van der Waals surface area contributed by atoms with Crippen molar-refractivity contribution in [1.29, 1.82) is 5.26 Å². The summed E-state index contributed by atoms with van der Waals surface area (Å²) >= 11 is 1.55. The molecule has 0 aliphatic heterocycles. The Labute approximate surface area is 154 Å². The molecule has 26 heavy (non-hydrogen) atoms. The number of aromatic amines is 1. The Morgan fingerprint density at radius 1 is 1.19 bits per heavy atom. The van der Waals surface area contributed by atoms with Crippen molar-refractivity contribution >= 4 is 34.0 Å². The van der Waals surface area contributed by atoms with Gasteiger partial charge in [-0.2, -0.15) is 5.26 Å². The maximum absolute atomic E-state index is 9.50. The van der Waals surface area contributed by atoms with Crippen molar-refractivity contribution in [1.82, 2.24) is 15.0 Å². The van der Waals surface area contributed by atoms with E-state index in [1.807, 2.05) is 60.0 Å². The van der Waals surface area contributed by atoms with Crippen molar-refractivity contribution in [2.24, 2.45) is 0 Å². The Bertz CT molecular complexity index is 1060. The smallest absolute Gasteiger partial charge is 0.149 e. The van der Waals surface area contributed by atoms with E-state index in [4.69, 9.17) is 4.74 Å². The maximum Gasteiger partial charge on any atom is 0.149 e. The van der Waals surface area contributed by atoms with Crippen LogP contribution in [-0.2, 0) is 6.61 Å². The van der Waals surface area contributed by atoms with Gasteiger partial charge in [-0.05, 0) is 35.9 Å². The third-order valence-corrected chi connectivity index (χ3v) is 4.46. The SMILES string of the molecule is N#C/C(=C/c1ccc(OCc2cscn2)cc1)c1nc2ccccc2[nH]1. The average molecular weight is 358 g/mol. The van der Waals surface area contributed by atoms with Crippen LogP contribution in [0.3, 0.4) is 0 Å². The number of fused-ring (bicyclic) bond motifs is 1. The van der Waals surface area contributed by atoms with Gasteiger partial charge in [-0.15, -0.1) is 11.3 Å². The number of nitrogens with zero attached hydrogens (tertiary/aromatic N) is 3. The molecule has 1 N–H and O–H groups in total. The number of benzene rings is 2. The molecule has 0 fully saturated rings. The molecule has 0 saturated carbocycles. The molecule has 0 amide bonds. The number of rotatable bonds is 5. The number of nitrogens with one attached hydrogen (secondary N) is 1. The second-order valence-corrected chi connectivity index (χ2v) is 6.33. The highest BCUT2D eigenvalue weighted by Crippen LogP contribution is 2.21. The van der Waals surface area contributed by atoms with Gasteiger partial charge in [-0.1, -0.05) is 24.3 Å². The molecule has 0 aliphatic rings. The van der Waals surface area contributed by atoms with Gasteiger partial charge in [0.15, 0.2) is 0 Å². The van der Waals surface area contributed by atoms with Crippen molar-refractivity contribution in [3.05, 3.63) is 76.5 Å². The van der Waals surface area contributed by atoms with Crippen LogP contribution in [0, 0.1) is 11.3 Å². The lowest BCUT2D eigenvalue weighted by molar-refractivity contribution is 0.302. The van der Waals surface area contributed by atoms with Gasteiger partial charge >= 0.3 is 0 Å².